The summed E-state index contributed by atoms with van der Waals surface area (Å²) in [6.45, 7) is 4.42. The summed E-state index contributed by atoms with van der Waals surface area (Å²) in [5, 5.41) is 43.8. The van der Waals surface area contributed by atoms with Gasteiger partial charge in [-0.05, 0) is 85.9 Å². The lowest BCUT2D eigenvalue weighted by molar-refractivity contribution is -0.0934. The smallest absolute Gasteiger partial charge is 0.0804 e. The Hall–Kier alpha value is -0.650. The number of nitrogens with zero attached hydrogens (tertiary/aromatic N) is 1. The van der Waals surface area contributed by atoms with E-state index < -0.39 is 6.10 Å². The van der Waals surface area contributed by atoms with E-state index in [1.54, 1.807) is 0 Å². The average molecular weight is 366 g/mol. The second-order valence-corrected chi connectivity index (χ2v) is 10.2. The van der Waals surface area contributed by atoms with Gasteiger partial charge in [0.1, 0.15) is 0 Å². The van der Waals surface area contributed by atoms with Crippen molar-refractivity contribution in [1.29, 1.82) is 0 Å². The van der Waals surface area contributed by atoms with Gasteiger partial charge in [0.2, 0.25) is 0 Å². The first kappa shape index (κ1) is 18.7. The van der Waals surface area contributed by atoms with Crippen molar-refractivity contribution in [2.75, 3.05) is 6.61 Å². The Morgan fingerprint density at radius 3 is 2.58 bits per heavy atom. The van der Waals surface area contributed by atoms with Gasteiger partial charge in [-0.1, -0.05) is 19.0 Å². The van der Waals surface area contributed by atoms with Gasteiger partial charge in [0.15, 0.2) is 0 Å². The zero-order valence-electron chi connectivity index (χ0n) is 16.1. The van der Waals surface area contributed by atoms with Crippen molar-refractivity contribution in [1.82, 2.24) is 0 Å². The minimum atomic E-state index is -0.682. The van der Waals surface area contributed by atoms with Crippen LogP contribution in [0.25, 0.3) is 0 Å². The third-order valence-corrected chi connectivity index (χ3v) is 9.19. The summed E-state index contributed by atoms with van der Waals surface area (Å²) in [5.41, 5.74) is 0.926. The van der Waals surface area contributed by atoms with E-state index in [-0.39, 0.29) is 29.5 Å². The van der Waals surface area contributed by atoms with Crippen molar-refractivity contribution in [2.45, 2.75) is 77.4 Å². The molecule has 4 saturated carbocycles. The minimum absolute atomic E-state index is 0.0777. The molecule has 4 rings (SSSR count). The molecule has 4 N–H and O–H groups in total. The fraction of sp³-hybridized carbons (Fsp3) is 0.952. The van der Waals surface area contributed by atoms with Crippen LogP contribution >= 0.6 is 0 Å². The van der Waals surface area contributed by atoms with Gasteiger partial charge in [0, 0.05) is 5.92 Å². The molecule has 0 aliphatic heterocycles. The van der Waals surface area contributed by atoms with Crippen LogP contribution in [0.15, 0.2) is 5.16 Å². The van der Waals surface area contributed by atoms with Gasteiger partial charge < -0.3 is 20.5 Å². The lowest BCUT2D eigenvalue weighted by Crippen LogP contribution is -2.58. The van der Waals surface area contributed by atoms with Gasteiger partial charge >= 0.3 is 0 Å². The van der Waals surface area contributed by atoms with Crippen LogP contribution < -0.4 is 0 Å². The Kier molecular flexibility index (Phi) is 4.64. The fourth-order valence-corrected chi connectivity index (χ4v) is 7.98. The molecular formula is C21H35NO4. The molecule has 0 amide bonds. The van der Waals surface area contributed by atoms with Crippen molar-refractivity contribution in [3.8, 4) is 0 Å². The van der Waals surface area contributed by atoms with Gasteiger partial charge in [-0.2, -0.15) is 0 Å². The Balaban J connectivity index is 1.69. The van der Waals surface area contributed by atoms with E-state index in [0.29, 0.717) is 23.7 Å². The van der Waals surface area contributed by atoms with Crippen LogP contribution in [-0.2, 0) is 0 Å². The van der Waals surface area contributed by atoms with Crippen LogP contribution in [0, 0.1) is 40.4 Å². The molecule has 0 radical (unpaired) electrons. The molecule has 4 fully saturated rings. The normalized spacial score (nSPS) is 53.7. The quantitative estimate of drug-likeness (QED) is 0.447. The molecule has 0 aromatic rings. The average Bonchev–Trinajstić information content (AvgIpc) is 2.97. The van der Waals surface area contributed by atoms with Crippen LogP contribution in [-0.4, -0.2) is 45.1 Å². The Bertz CT molecular complexity index is 580. The second-order valence-electron chi connectivity index (χ2n) is 10.2. The largest absolute Gasteiger partial charge is 0.411 e. The third-order valence-electron chi connectivity index (χ3n) is 9.19. The third kappa shape index (κ3) is 2.50. The zero-order valence-corrected chi connectivity index (χ0v) is 16.1. The van der Waals surface area contributed by atoms with Crippen molar-refractivity contribution in [2.24, 2.45) is 45.6 Å². The minimum Gasteiger partial charge on any atom is -0.411 e. The van der Waals surface area contributed by atoms with Crippen LogP contribution in [0.3, 0.4) is 0 Å². The predicted octanol–water partition coefficient (Wildman–Crippen LogP) is 2.80. The Labute approximate surface area is 156 Å². The Morgan fingerprint density at radius 1 is 1.12 bits per heavy atom. The molecule has 5 nitrogen and oxygen atoms in total. The topological polar surface area (TPSA) is 93.3 Å². The SMILES string of the molecule is C[C@]12CC[C@@H](O)C[C@@H]1CC[C@H]1[C@H]2/C(=N/O)C[C@]2(C)[C@@H]([C@H](O)CO)CC[C@@H]12. The van der Waals surface area contributed by atoms with Gasteiger partial charge in [0.25, 0.3) is 0 Å². The van der Waals surface area contributed by atoms with E-state index in [4.69, 9.17) is 0 Å². The summed E-state index contributed by atoms with van der Waals surface area (Å²) in [5.74, 6) is 1.89. The first-order valence-corrected chi connectivity index (χ1v) is 10.5. The number of hydrogen-bond acceptors (Lipinski definition) is 5. The maximum atomic E-state index is 10.4. The molecule has 9 atom stereocenters. The first-order chi connectivity index (χ1) is 12.3. The highest BCUT2D eigenvalue weighted by Gasteiger charge is 2.63. The van der Waals surface area contributed by atoms with Gasteiger partial charge in [-0.15, -0.1) is 0 Å². The van der Waals surface area contributed by atoms with E-state index in [1.807, 2.05) is 0 Å². The van der Waals surface area contributed by atoms with Crippen LogP contribution in [0.2, 0.25) is 0 Å². The van der Waals surface area contributed by atoms with Gasteiger partial charge in [-0.3, -0.25) is 0 Å². The number of fused-ring (bicyclic) bond motifs is 5. The summed E-state index contributed by atoms with van der Waals surface area (Å²) < 4.78 is 0. The maximum Gasteiger partial charge on any atom is 0.0804 e. The highest BCUT2D eigenvalue weighted by Crippen LogP contribution is 2.67. The molecule has 0 aromatic carbocycles. The molecule has 0 heterocycles. The molecule has 0 bridgehead atoms. The van der Waals surface area contributed by atoms with E-state index in [0.717, 1.165) is 57.1 Å². The fourth-order valence-electron chi connectivity index (χ4n) is 7.98. The lowest BCUT2D eigenvalue weighted by Gasteiger charge is -2.60. The van der Waals surface area contributed by atoms with E-state index >= 15 is 0 Å². The summed E-state index contributed by atoms with van der Waals surface area (Å²) in [6.07, 6.45) is 6.92. The number of aliphatic hydroxyl groups excluding tert-OH is 3. The zero-order chi connectivity index (χ0) is 18.7. The molecule has 26 heavy (non-hydrogen) atoms. The lowest BCUT2D eigenvalue weighted by atomic mass is 9.44. The molecule has 0 saturated heterocycles. The van der Waals surface area contributed by atoms with E-state index in [9.17, 15) is 20.5 Å². The van der Waals surface area contributed by atoms with Crippen LogP contribution in [0.4, 0.5) is 0 Å². The molecular weight excluding hydrogens is 330 g/mol. The standard InChI is InChI=1S/C21H35NO4/c1-20-8-7-13(24)9-12(20)3-4-14-15-5-6-16(18(25)11-23)21(15,2)10-17(22-26)19(14)20/h12-16,18-19,23-26H,3-11H2,1-2H3/b22-17+/t12-,13+,14+,15-,16+,18+,19-,20-,21-/m0/s1. The number of oxime groups is 1. The van der Waals surface area contributed by atoms with Gasteiger partial charge in [0.05, 0.1) is 24.5 Å². The van der Waals surface area contributed by atoms with E-state index in [1.165, 1.54) is 0 Å². The molecule has 4 aliphatic rings. The summed E-state index contributed by atoms with van der Waals surface area (Å²) in [4.78, 5) is 0. The van der Waals surface area contributed by atoms with Crippen molar-refractivity contribution >= 4 is 5.71 Å². The number of hydrogen-bond donors (Lipinski definition) is 4. The highest BCUT2D eigenvalue weighted by molar-refractivity contribution is 5.89. The molecule has 4 aliphatic carbocycles. The summed E-state index contributed by atoms with van der Waals surface area (Å²) in [6, 6.07) is 0. The molecule has 148 valence electrons. The number of aliphatic hydroxyl groups is 3. The highest BCUT2D eigenvalue weighted by atomic mass is 16.4. The van der Waals surface area contributed by atoms with E-state index in [2.05, 4.69) is 19.0 Å². The molecule has 0 unspecified atom stereocenters. The van der Waals surface area contributed by atoms with Crippen molar-refractivity contribution < 1.29 is 20.5 Å². The molecule has 0 spiro atoms. The maximum absolute atomic E-state index is 10.4. The molecule has 5 heteroatoms. The van der Waals surface area contributed by atoms with Crippen LogP contribution in [0.1, 0.15) is 65.2 Å². The first-order valence-electron chi connectivity index (χ1n) is 10.5. The van der Waals surface area contributed by atoms with Crippen molar-refractivity contribution in [3.05, 3.63) is 0 Å². The van der Waals surface area contributed by atoms with Crippen molar-refractivity contribution in [3.63, 3.8) is 0 Å². The molecule has 0 aromatic heterocycles. The van der Waals surface area contributed by atoms with Crippen LogP contribution in [0.5, 0.6) is 0 Å². The second kappa shape index (κ2) is 6.46. The monoisotopic (exact) mass is 365 g/mol. The summed E-state index contributed by atoms with van der Waals surface area (Å²) in [7, 11) is 0. The summed E-state index contributed by atoms with van der Waals surface area (Å²) >= 11 is 0. The number of rotatable bonds is 2. The predicted molar refractivity (Wildman–Crippen MR) is 98.9 cm³/mol. The Morgan fingerprint density at radius 2 is 1.88 bits per heavy atom. The van der Waals surface area contributed by atoms with Gasteiger partial charge in [-0.25, -0.2) is 0 Å².